The fourth-order valence-corrected chi connectivity index (χ4v) is 3.16. The van der Waals surface area contributed by atoms with Gasteiger partial charge < -0.3 is 19.9 Å². The minimum Gasteiger partial charge on any atom is -0.389 e. The number of hydrogen-bond donors (Lipinski definition) is 2. The molecule has 0 bridgehead atoms. The molecule has 5 nitrogen and oxygen atoms in total. The van der Waals surface area contributed by atoms with E-state index in [4.69, 9.17) is 9.47 Å². The molecule has 2 unspecified atom stereocenters. The monoisotopic (exact) mass is 314 g/mol. The van der Waals surface area contributed by atoms with Crippen molar-refractivity contribution in [1.82, 2.24) is 10.3 Å². The molecule has 0 amide bonds. The Morgan fingerprint density at radius 3 is 3.05 bits per heavy atom. The highest BCUT2D eigenvalue weighted by Gasteiger charge is 2.24. The second-order valence-electron chi connectivity index (χ2n) is 6.13. The molecule has 120 valence electrons. The summed E-state index contributed by atoms with van der Waals surface area (Å²) in [5.41, 5.74) is 0.791. The van der Waals surface area contributed by atoms with Crippen molar-refractivity contribution in [3.63, 3.8) is 0 Å². The maximum atomic E-state index is 9.99. The first-order chi connectivity index (χ1) is 9.97. The van der Waals surface area contributed by atoms with Gasteiger partial charge in [0.25, 0.3) is 0 Å². The number of aryl methyl sites for hydroxylation is 1. The van der Waals surface area contributed by atoms with E-state index < -0.39 is 6.10 Å². The average molecular weight is 314 g/mol. The molecule has 1 saturated heterocycles. The second-order valence-corrected chi connectivity index (χ2v) is 6.98. The van der Waals surface area contributed by atoms with Crippen molar-refractivity contribution in [1.29, 1.82) is 0 Å². The smallest absolute Gasteiger partial charge is 0.112 e. The third-order valence-electron chi connectivity index (χ3n) is 3.57. The number of rotatable bonds is 8. The molecule has 2 rings (SSSR count). The van der Waals surface area contributed by atoms with Gasteiger partial charge in [-0.3, -0.25) is 0 Å². The highest BCUT2D eigenvalue weighted by atomic mass is 32.1. The first-order valence-electron chi connectivity index (χ1n) is 7.52. The molecule has 0 radical (unpaired) electrons. The van der Waals surface area contributed by atoms with Crippen LogP contribution in [0.4, 0.5) is 0 Å². The number of aliphatic hydroxyl groups is 1. The highest BCUT2D eigenvalue weighted by molar-refractivity contribution is 7.09. The van der Waals surface area contributed by atoms with Gasteiger partial charge in [0.05, 0.1) is 31.0 Å². The van der Waals surface area contributed by atoms with E-state index in [0.29, 0.717) is 19.8 Å². The summed E-state index contributed by atoms with van der Waals surface area (Å²) < 4.78 is 11.0. The van der Waals surface area contributed by atoms with Gasteiger partial charge in [-0.05, 0) is 33.6 Å². The first-order valence-corrected chi connectivity index (χ1v) is 8.40. The maximum Gasteiger partial charge on any atom is 0.112 e. The van der Waals surface area contributed by atoms with E-state index in [1.165, 1.54) is 0 Å². The number of nitrogens with zero attached hydrogens (tertiary/aromatic N) is 1. The molecule has 0 aromatic carbocycles. The van der Waals surface area contributed by atoms with Gasteiger partial charge >= 0.3 is 0 Å². The Bertz CT molecular complexity index is 430. The van der Waals surface area contributed by atoms with E-state index in [1.54, 1.807) is 11.3 Å². The normalized spacial score (nSPS) is 20.9. The Morgan fingerprint density at radius 1 is 1.62 bits per heavy atom. The van der Waals surface area contributed by atoms with E-state index in [-0.39, 0.29) is 11.6 Å². The van der Waals surface area contributed by atoms with Gasteiger partial charge in [0.2, 0.25) is 0 Å². The van der Waals surface area contributed by atoms with Crippen molar-refractivity contribution in [3.8, 4) is 0 Å². The van der Waals surface area contributed by atoms with Crippen molar-refractivity contribution in [2.45, 2.75) is 51.4 Å². The third-order valence-corrected chi connectivity index (χ3v) is 4.86. The van der Waals surface area contributed by atoms with E-state index in [1.807, 2.05) is 12.3 Å². The van der Waals surface area contributed by atoms with E-state index in [0.717, 1.165) is 30.2 Å². The molecule has 1 aliphatic heterocycles. The summed E-state index contributed by atoms with van der Waals surface area (Å²) in [5.74, 6) is 0. The van der Waals surface area contributed by atoms with Crippen LogP contribution in [0.15, 0.2) is 5.38 Å². The largest absolute Gasteiger partial charge is 0.389 e. The lowest BCUT2D eigenvalue weighted by molar-refractivity contribution is -0.0177. The average Bonchev–Trinajstić information content (AvgIpc) is 3.08. The minimum atomic E-state index is -0.522. The molecule has 21 heavy (non-hydrogen) atoms. The second kappa shape index (κ2) is 7.65. The van der Waals surface area contributed by atoms with Crippen LogP contribution in [0.25, 0.3) is 0 Å². The fourth-order valence-electron chi connectivity index (χ4n) is 2.26. The van der Waals surface area contributed by atoms with Crippen LogP contribution >= 0.6 is 11.3 Å². The van der Waals surface area contributed by atoms with Crippen LogP contribution in [0, 0.1) is 6.92 Å². The number of aromatic nitrogens is 1. The summed E-state index contributed by atoms with van der Waals surface area (Å²) >= 11 is 1.64. The number of nitrogens with one attached hydrogen (secondary N) is 1. The predicted octanol–water partition coefficient (Wildman–Crippen LogP) is 1.83. The van der Waals surface area contributed by atoms with E-state index >= 15 is 0 Å². The first kappa shape index (κ1) is 16.8. The molecule has 1 aromatic heterocycles. The Balaban J connectivity index is 1.66. The Kier molecular flexibility index (Phi) is 6.13. The zero-order valence-corrected chi connectivity index (χ0v) is 13.9. The zero-order valence-electron chi connectivity index (χ0n) is 13.1. The summed E-state index contributed by atoms with van der Waals surface area (Å²) in [5, 5.41) is 16.4. The van der Waals surface area contributed by atoms with Gasteiger partial charge in [-0.25, -0.2) is 4.98 Å². The van der Waals surface area contributed by atoms with Crippen LogP contribution < -0.4 is 5.32 Å². The van der Waals surface area contributed by atoms with Gasteiger partial charge in [0.1, 0.15) is 5.01 Å². The lowest BCUT2D eigenvalue weighted by Crippen LogP contribution is -2.42. The summed E-state index contributed by atoms with van der Waals surface area (Å²) in [6, 6.07) is 0. The van der Waals surface area contributed by atoms with Crippen LogP contribution in [0.3, 0.4) is 0 Å². The molecule has 1 aromatic rings. The summed E-state index contributed by atoms with van der Waals surface area (Å²) in [6.45, 7) is 8.36. The van der Waals surface area contributed by atoms with Crippen molar-refractivity contribution < 1.29 is 14.6 Å². The predicted molar refractivity (Wildman–Crippen MR) is 83.7 cm³/mol. The van der Waals surface area contributed by atoms with Crippen LogP contribution in [0.2, 0.25) is 0 Å². The Morgan fingerprint density at radius 2 is 2.43 bits per heavy atom. The molecule has 2 atom stereocenters. The number of aliphatic hydroxyl groups excluding tert-OH is 1. The van der Waals surface area contributed by atoms with Gasteiger partial charge in [-0.2, -0.15) is 0 Å². The maximum absolute atomic E-state index is 9.99. The molecule has 1 fully saturated rings. The fraction of sp³-hybridized carbons (Fsp3) is 0.800. The molecule has 0 aliphatic carbocycles. The van der Waals surface area contributed by atoms with Gasteiger partial charge in [0.15, 0.2) is 0 Å². The van der Waals surface area contributed by atoms with Gasteiger partial charge in [0, 0.05) is 24.2 Å². The van der Waals surface area contributed by atoms with E-state index in [2.05, 4.69) is 24.1 Å². The lowest BCUT2D eigenvalue weighted by atomic mass is 10.1. The summed E-state index contributed by atoms with van der Waals surface area (Å²) in [7, 11) is 0. The third kappa shape index (κ3) is 5.30. The van der Waals surface area contributed by atoms with Gasteiger partial charge in [-0.1, -0.05) is 0 Å². The summed E-state index contributed by atoms with van der Waals surface area (Å²) in [6.07, 6.45) is 1.86. The Hall–Kier alpha value is -0.530. The molecular weight excluding hydrogens is 288 g/mol. The van der Waals surface area contributed by atoms with E-state index in [9.17, 15) is 5.11 Å². The summed E-state index contributed by atoms with van der Waals surface area (Å²) in [4.78, 5) is 4.50. The minimum absolute atomic E-state index is 0.208. The highest BCUT2D eigenvalue weighted by Crippen LogP contribution is 2.23. The quantitative estimate of drug-likeness (QED) is 0.766. The van der Waals surface area contributed by atoms with Crippen molar-refractivity contribution in [2.75, 3.05) is 26.4 Å². The van der Waals surface area contributed by atoms with Crippen LogP contribution in [0.1, 0.15) is 37.4 Å². The number of thiazole rings is 1. The van der Waals surface area contributed by atoms with Crippen molar-refractivity contribution in [3.05, 3.63) is 16.1 Å². The van der Waals surface area contributed by atoms with Crippen LogP contribution in [-0.2, 0) is 15.0 Å². The molecular formula is C15H26N2O3S. The number of hydrogen-bond acceptors (Lipinski definition) is 6. The molecule has 6 heteroatoms. The molecule has 1 aliphatic rings. The van der Waals surface area contributed by atoms with Crippen molar-refractivity contribution >= 4 is 11.3 Å². The molecule has 0 saturated carbocycles. The zero-order chi connectivity index (χ0) is 15.3. The lowest BCUT2D eigenvalue weighted by Gasteiger charge is -2.25. The van der Waals surface area contributed by atoms with Crippen molar-refractivity contribution in [2.24, 2.45) is 0 Å². The SMILES string of the molecule is Cc1csc(C(C)(C)NCC(O)COCC2CCCO2)n1. The molecule has 0 spiro atoms. The Labute approximate surface area is 130 Å². The van der Waals surface area contributed by atoms with Crippen LogP contribution in [0.5, 0.6) is 0 Å². The standard InChI is InChI=1S/C15H26N2O3S/c1-11-10-21-14(17-11)15(2,3)16-7-12(18)8-19-9-13-5-4-6-20-13/h10,12-13,16,18H,4-9H2,1-3H3. The number of ether oxygens (including phenoxy) is 2. The molecule has 2 N–H and O–H groups in total. The molecule has 2 heterocycles. The van der Waals surface area contributed by atoms with Gasteiger partial charge in [-0.15, -0.1) is 11.3 Å². The van der Waals surface area contributed by atoms with Crippen LogP contribution in [-0.4, -0.2) is 48.7 Å². The topological polar surface area (TPSA) is 63.6 Å².